The molecule has 5 rings (SSSR count). The molecule has 0 spiro atoms. The van der Waals surface area contributed by atoms with Crippen molar-refractivity contribution in [2.45, 2.75) is 58.0 Å². The van der Waals surface area contributed by atoms with Gasteiger partial charge < -0.3 is 30.1 Å². The largest absolute Gasteiger partial charge is 0.454 e. The maximum absolute atomic E-state index is 13.7. The van der Waals surface area contributed by atoms with Gasteiger partial charge in [0.05, 0.1) is 12.0 Å². The molecule has 1 fully saturated rings. The summed E-state index contributed by atoms with van der Waals surface area (Å²) >= 11 is 0. The molecule has 2 amide bonds. The maximum Gasteiger partial charge on any atom is 0.253 e. The van der Waals surface area contributed by atoms with Gasteiger partial charge >= 0.3 is 0 Å². The lowest BCUT2D eigenvalue weighted by Gasteiger charge is -2.33. The first-order valence-corrected chi connectivity index (χ1v) is 14.5. The number of hydrogen-bond acceptors (Lipinski definition) is 6. The predicted octanol–water partition coefficient (Wildman–Crippen LogP) is 5.51. The van der Waals surface area contributed by atoms with Crippen LogP contribution in [-0.2, 0) is 10.2 Å². The number of carbonyl (C=O) groups excluding carboxylic acids is 2. The van der Waals surface area contributed by atoms with Gasteiger partial charge in [-0.25, -0.2) is 0 Å². The van der Waals surface area contributed by atoms with Crippen LogP contribution in [0.15, 0.2) is 60.7 Å². The van der Waals surface area contributed by atoms with Crippen LogP contribution in [0, 0.1) is 5.41 Å². The fraction of sp³-hybridized carbons (Fsp3) is 0.412. The van der Waals surface area contributed by atoms with Crippen LogP contribution in [0.1, 0.15) is 68.1 Å². The third kappa shape index (κ3) is 5.87. The number of anilines is 1. The number of hydrogen-bond donors (Lipinski definition) is 3. The third-order valence-corrected chi connectivity index (χ3v) is 8.42. The number of rotatable bonds is 9. The van der Waals surface area contributed by atoms with Crippen molar-refractivity contribution in [2.75, 3.05) is 32.8 Å². The molecule has 1 heterocycles. The van der Waals surface area contributed by atoms with Gasteiger partial charge in [-0.05, 0) is 83.8 Å². The van der Waals surface area contributed by atoms with Gasteiger partial charge in [0.25, 0.3) is 5.91 Å². The van der Waals surface area contributed by atoms with Crippen molar-refractivity contribution >= 4 is 17.5 Å². The first kappa shape index (κ1) is 29.6. The normalized spacial score (nSPS) is 16.5. The van der Waals surface area contributed by atoms with Crippen LogP contribution in [0.3, 0.4) is 0 Å². The van der Waals surface area contributed by atoms with Gasteiger partial charge in [-0.1, -0.05) is 45.0 Å². The van der Waals surface area contributed by atoms with E-state index >= 15 is 0 Å². The van der Waals surface area contributed by atoms with Crippen LogP contribution >= 0.6 is 0 Å². The number of ether oxygens (including phenoxy) is 2. The van der Waals surface area contributed by atoms with Gasteiger partial charge in [0.2, 0.25) is 12.7 Å². The van der Waals surface area contributed by atoms with Crippen molar-refractivity contribution in [3.63, 3.8) is 0 Å². The summed E-state index contributed by atoms with van der Waals surface area (Å²) in [5.74, 6) is 1.26. The van der Waals surface area contributed by atoms with Crippen molar-refractivity contribution in [1.82, 2.24) is 10.2 Å². The molecule has 0 bridgehead atoms. The SMILES string of the molecule is CC(N[C@@H](CO)C(C)(C)C)c1ccc(NC(=O)C2(c3ccc4c(c3)OCO4)CC2)cc1-c1ccc(C(=O)N(C)C)cc1. The van der Waals surface area contributed by atoms with E-state index < -0.39 is 5.41 Å². The van der Waals surface area contributed by atoms with E-state index in [2.05, 4.69) is 38.3 Å². The molecule has 3 N–H and O–H groups in total. The highest BCUT2D eigenvalue weighted by Crippen LogP contribution is 2.51. The van der Waals surface area contributed by atoms with E-state index in [-0.39, 0.29) is 42.7 Å². The maximum atomic E-state index is 13.7. The molecule has 3 aromatic carbocycles. The number of aliphatic hydroxyl groups is 1. The number of nitrogens with zero attached hydrogens (tertiary/aromatic N) is 1. The molecular weight excluding hydrogens is 530 g/mol. The van der Waals surface area contributed by atoms with Gasteiger partial charge in [-0.2, -0.15) is 0 Å². The van der Waals surface area contributed by atoms with Gasteiger partial charge in [-0.15, -0.1) is 0 Å². The summed E-state index contributed by atoms with van der Waals surface area (Å²) < 4.78 is 11.0. The Kier molecular flexibility index (Phi) is 8.05. The molecular formula is C34H41N3O5. The highest BCUT2D eigenvalue weighted by molar-refractivity contribution is 6.02. The number of aliphatic hydroxyl groups excluding tert-OH is 1. The van der Waals surface area contributed by atoms with E-state index in [1.165, 1.54) is 0 Å². The first-order chi connectivity index (χ1) is 19.9. The summed E-state index contributed by atoms with van der Waals surface area (Å²) in [6, 6.07) is 19.0. The molecule has 222 valence electrons. The third-order valence-electron chi connectivity index (χ3n) is 8.42. The Hall–Kier alpha value is -3.88. The smallest absolute Gasteiger partial charge is 0.253 e. The molecule has 1 saturated carbocycles. The number of fused-ring (bicyclic) bond motifs is 1. The fourth-order valence-electron chi connectivity index (χ4n) is 5.50. The molecule has 0 radical (unpaired) electrons. The van der Waals surface area contributed by atoms with E-state index in [9.17, 15) is 14.7 Å². The van der Waals surface area contributed by atoms with Crippen molar-refractivity contribution in [1.29, 1.82) is 0 Å². The Bertz CT molecular complexity index is 1470. The average Bonchev–Trinajstić information content (AvgIpc) is 3.65. The zero-order chi connectivity index (χ0) is 30.2. The lowest BCUT2D eigenvalue weighted by atomic mass is 9.85. The summed E-state index contributed by atoms with van der Waals surface area (Å²) in [4.78, 5) is 27.7. The van der Waals surface area contributed by atoms with Crippen LogP contribution in [-0.4, -0.2) is 55.4 Å². The molecule has 0 aromatic heterocycles. The van der Waals surface area contributed by atoms with Crippen molar-refractivity contribution in [3.8, 4) is 22.6 Å². The standard InChI is InChI=1S/C34H41N3O5/c1-21(35-30(19-38)33(2,3)4)26-13-12-25(18-27(26)22-7-9-23(10-8-22)31(39)37(5)6)36-32(40)34(15-16-34)24-11-14-28-29(17-24)42-20-41-28/h7-14,17-18,21,30,35,38H,15-16,19-20H2,1-6H3,(H,36,40)/t21?,30-/m0/s1. The summed E-state index contributed by atoms with van der Waals surface area (Å²) in [7, 11) is 3.47. The molecule has 2 atom stereocenters. The van der Waals surface area contributed by atoms with E-state index in [0.717, 1.165) is 35.1 Å². The number of benzene rings is 3. The fourth-order valence-corrected chi connectivity index (χ4v) is 5.50. The van der Waals surface area contributed by atoms with Gasteiger partial charge in [0, 0.05) is 37.4 Å². The Balaban J connectivity index is 1.46. The first-order valence-electron chi connectivity index (χ1n) is 14.5. The minimum Gasteiger partial charge on any atom is -0.454 e. The van der Waals surface area contributed by atoms with E-state index in [4.69, 9.17) is 9.47 Å². The Morgan fingerprint density at radius 3 is 2.29 bits per heavy atom. The molecule has 8 heteroatoms. The van der Waals surface area contributed by atoms with Gasteiger partial charge in [0.1, 0.15) is 0 Å². The Morgan fingerprint density at radius 1 is 0.976 bits per heavy atom. The highest BCUT2D eigenvalue weighted by atomic mass is 16.7. The van der Waals surface area contributed by atoms with Gasteiger partial charge in [-0.3, -0.25) is 9.59 Å². The Morgan fingerprint density at radius 2 is 1.67 bits per heavy atom. The van der Waals surface area contributed by atoms with Crippen LogP contribution in [0.25, 0.3) is 11.1 Å². The predicted molar refractivity (Wildman–Crippen MR) is 164 cm³/mol. The monoisotopic (exact) mass is 571 g/mol. The van der Waals surface area contributed by atoms with Crippen LogP contribution in [0.4, 0.5) is 5.69 Å². The molecule has 1 aliphatic carbocycles. The molecule has 0 saturated heterocycles. The number of amides is 2. The second kappa shape index (κ2) is 11.4. The topological polar surface area (TPSA) is 100 Å². The minimum absolute atomic E-state index is 0.0145. The summed E-state index contributed by atoms with van der Waals surface area (Å²) in [6.07, 6.45) is 1.53. The second-order valence-electron chi connectivity index (χ2n) is 12.7. The molecule has 1 unspecified atom stereocenters. The molecule has 3 aromatic rings. The number of carbonyl (C=O) groups is 2. The highest BCUT2D eigenvalue weighted by Gasteiger charge is 2.51. The van der Waals surface area contributed by atoms with Crippen molar-refractivity contribution < 1.29 is 24.2 Å². The minimum atomic E-state index is -0.593. The van der Waals surface area contributed by atoms with Crippen molar-refractivity contribution in [2.24, 2.45) is 5.41 Å². The lowest BCUT2D eigenvalue weighted by molar-refractivity contribution is -0.118. The van der Waals surface area contributed by atoms with Crippen molar-refractivity contribution in [3.05, 3.63) is 77.4 Å². The lowest BCUT2D eigenvalue weighted by Crippen LogP contribution is -2.44. The van der Waals surface area contributed by atoms with Crippen LogP contribution in [0.5, 0.6) is 11.5 Å². The second-order valence-corrected chi connectivity index (χ2v) is 12.7. The summed E-state index contributed by atoms with van der Waals surface area (Å²) in [6.45, 7) is 8.58. The number of nitrogens with one attached hydrogen (secondary N) is 2. The summed E-state index contributed by atoms with van der Waals surface area (Å²) in [5, 5.41) is 16.9. The zero-order valence-electron chi connectivity index (χ0n) is 25.3. The van der Waals surface area contributed by atoms with E-state index in [1.807, 2.05) is 60.7 Å². The quantitative estimate of drug-likeness (QED) is 0.313. The van der Waals surface area contributed by atoms with Gasteiger partial charge in [0.15, 0.2) is 11.5 Å². The molecule has 1 aliphatic heterocycles. The average molecular weight is 572 g/mol. The van der Waals surface area contributed by atoms with E-state index in [1.54, 1.807) is 19.0 Å². The molecule has 2 aliphatic rings. The summed E-state index contributed by atoms with van der Waals surface area (Å²) in [5.41, 5.74) is 4.39. The molecule has 8 nitrogen and oxygen atoms in total. The van der Waals surface area contributed by atoms with Crippen LogP contribution < -0.4 is 20.1 Å². The van der Waals surface area contributed by atoms with E-state index in [0.29, 0.717) is 22.7 Å². The Labute approximate surface area is 248 Å². The van der Waals surface area contributed by atoms with Crippen LogP contribution in [0.2, 0.25) is 0 Å². The molecule has 42 heavy (non-hydrogen) atoms. The zero-order valence-corrected chi connectivity index (χ0v) is 25.3.